The van der Waals surface area contributed by atoms with Crippen molar-refractivity contribution in [1.82, 2.24) is 5.32 Å². The third-order valence-corrected chi connectivity index (χ3v) is 4.68. The molecule has 0 aliphatic heterocycles. The maximum absolute atomic E-state index is 6.04. The molecule has 2 rings (SSSR count). The van der Waals surface area contributed by atoms with Crippen LogP contribution in [0.5, 0.6) is 5.75 Å². The summed E-state index contributed by atoms with van der Waals surface area (Å²) in [5, 5.41) is 3.94. The van der Waals surface area contributed by atoms with Crippen molar-refractivity contribution in [2.45, 2.75) is 6.04 Å². The lowest BCUT2D eigenvalue weighted by Crippen LogP contribution is -2.16. The summed E-state index contributed by atoms with van der Waals surface area (Å²) in [6.45, 7) is 0. The standard InChI is InChI=1S/C13H13BrClNOS/c1-16-13(11-5-6-12(14)18-11)8-3-4-9(15)10(7-8)17-2/h3-7,13,16H,1-2H3. The van der Waals surface area contributed by atoms with Crippen LogP contribution in [0.1, 0.15) is 16.5 Å². The van der Waals surface area contributed by atoms with Crippen LogP contribution >= 0.6 is 38.9 Å². The van der Waals surface area contributed by atoms with Crippen LogP contribution in [0.2, 0.25) is 5.02 Å². The molecule has 0 amide bonds. The first kappa shape index (κ1) is 13.9. The molecule has 1 unspecified atom stereocenters. The fraction of sp³-hybridized carbons (Fsp3) is 0.231. The van der Waals surface area contributed by atoms with Crippen LogP contribution in [-0.2, 0) is 0 Å². The normalized spacial score (nSPS) is 12.4. The van der Waals surface area contributed by atoms with Gasteiger partial charge in [-0.2, -0.15) is 0 Å². The Morgan fingerprint density at radius 3 is 2.67 bits per heavy atom. The van der Waals surface area contributed by atoms with E-state index in [1.165, 1.54) is 4.88 Å². The average molecular weight is 347 g/mol. The molecule has 0 bridgehead atoms. The minimum absolute atomic E-state index is 0.146. The van der Waals surface area contributed by atoms with Gasteiger partial charge in [0, 0.05) is 4.88 Å². The molecule has 0 radical (unpaired) electrons. The second kappa shape index (κ2) is 6.06. The molecule has 0 aliphatic rings. The Hall–Kier alpha value is -0.550. The Morgan fingerprint density at radius 1 is 1.33 bits per heavy atom. The first-order valence-corrected chi connectivity index (χ1v) is 7.40. The van der Waals surface area contributed by atoms with Gasteiger partial charge in [-0.3, -0.25) is 0 Å². The summed E-state index contributed by atoms with van der Waals surface area (Å²) >= 11 is 11.2. The van der Waals surface area contributed by atoms with Gasteiger partial charge in [-0.15, -0.1) is 11.3 Å². The predicted octanol–water partition coefficient (Wildman–Crippen LogP) is 4.48. The molecule has 1 heterocycles. The fourth-order valence-corrected chi connectivity index (χ4v) is 3.57. The van der Waals surface area contributed by atoms with Crippen molar-refractivity contribution in [2.24, 2.45) is 0 Å². The maximum atomic E-state index is 6.04. The molecule has 18 heavy (non-hydrogen) atoms. The molecule has 2 nitrogen and oxygen atoms in total. The number of nitrogens with one attached hydrogen (secondary N) is 1. The van der Waals surface area contributed by atoms with Crippen molar-refractivity contribution in [2.75, 3.05) is 14.2 Å². The molecule has 1 aromatic carbocycles. The molecule has 0 saturated carbocycles. The van der Waals surface area contributed by atoms with E-state index in [9.17, 15) is 0 Å². The van der Waals surface area contributed by atoms with E-state index in [0.29, 0.717) is 10.8 Å². The molecule has 0 saturated heterocycles. The van der Waals surface area contributed by atoms with E-state index in [0.717, 1.165) is 9.35 Å². The summed E-state index contributed by atoms with van der Waals surface area (Å²) in [4.78, 5) is 1.24. The van der Waals surface area contributed by atoms with Crippen LogP contribution in [0.15, 0.2) is 34.1 Å². The third kappa shape index (κ3) is 2.88. The lowest BCUT2D eigenvalue weighted by atomic mass is 10.1. The summed E-state index contributed by atoms with van der Waals surface area (Å²) in [5.74, 6) is 0.699. The second-order valence-electron chi connectivity index (χ2n) is 3.76. The second-order valence-corrected chi connectivity index (χ2v) is 6.66. The van der Waals surface area contributed by atoms with Crippen molar-refractivity contribution in [1.29, 1.82) is 0 Å². The van der Waals surface area contributed by atoms with E-state index >= 15 is 0 Å². The molecule has 0 spiro atoms. The van der Waals surface area contributed by atoms with Gasteiger partial charge in [0.05, 0.1) is 22.0 Å². The molecule has 2 aromatic rings. The zero-order valence-corrected chi connectivity index (χ0v) is 13.2. The van der Waals surface area contributed by atoms with Gasteiger partial charge in [0.25, 0.3) is 0 Å². The van der Waals surface area contributed by atoms with Crippen molar-refractivity contribution < 1.29 is 4.74 Å². The van der Waals surface area contributed by atoms with Crippen molar-refractivity contribution in [3.63, 3.8) is 0 Å². The summed E-state index contributed by atoms with van der Waals surface area (Å²) in [7, 11) is 3.57. The van der Waals surface area contributed by atoms with E-state index in [2.05, 4.69) is 33.4 Å². The predicted molar refractivity (Wildman–Crippen MR) is 80.9 cm³/mol. The molecule has 0 aliphatic carbocycles. The van der Waals surface area contributed by atoms with Crippen molar-refractivity contribution in [3.8, 4) is 5.75 Å². The average Bonchev–Trinajstić information content (AvgIpc) is 2.79. The summed E-state index contributed by atoms with van der Waals surface area (Å²) < 4.78 is 6.38. The summed E-state index contributed by atoms with van der Waals surface area (Å²) in [6.07, 6.45) is 0. The highest BCUT2D eigenvalue weighted by atomic mass is 79.9. The number of thiophene rings is 1. The lowest BCUT2D eigenvalue weighted by molar-refractivity contribution is 0.414. The van der Waals surface area contributed by atoms with E-state index in [-0.39, 0.29) is 6.04 Å². The number of methoxy groups -OCH3 is 1. The van der Waals surface area contributed by atoms with Crippen LogP contribution in [0.25, 0.3) is 0 Å². The molecule has 0 fully saturated rings. The van der Waals surface area contributed by atoms with Crippen molar-refractivity contribution in [3.05, 3.63) is 49.6 Å². The molecular weight excluding hydrogens is 334 g/mol. The summed E-state index contributed by atoms with van der Waals surface area (Å²) in [6, 6.07) is 10.2. The van der Waals surface area contributed by atoms with Gasteiger partial charge in [-0.05, 0) is 52.8 Å². The Morgan fingerprint density at radius 2 is 2.11 bits per heavy atom. The van der Waals surface area contributed by atoms with Gasteiger partial charge in [0.1, 0.15) is 5.75 Å². The van der Waals surface area contributed by atoms with Crippen LogP contribution in [-0.4, -0.2) is 14.2 Å². The van der Waals surface area contributed by atoms with Gasteiger partial charge in [0.2, 0.25) is 0 Å². The number of hydrogen-bond acceptors (Lipinski definition) is 3. The van der Waals surface area contributed by atoms with Crippen LogP contribution in [0.4, 0.5) is 0 Å². The van der Waals surface area contributed by atoms with Crippen molar-refractivity contribution >= 4 is 38.9 Å². The van der Waals surface area contributed by atoms with Gasteiger partial charge in [-0.1, -0.05) is 17.7 Å². The molecule has 5 heteroatoms. The van der Waals surface area contributed by atoms with Gasteiger partial charge in [-0.25, -0.2) is 0 Å². The zero-order valence-electron chi connectivity index (χ0n) is 10.0. The Balaban J connectivity index is 2.38. The summed E-state index contributed by atoms with van der Waals surface area (Å²) in [5.41, 5.74) is 1.13. The molecule has 1 aromatic heterocycles. The SMILES string of the molecule is CNC(c1ccc(Cl)c(OC)c1)c1ccc(Br)s1. The Labute approximate surface area is 124 Å². The third-order valence-electron chi connectivity index (χ3n) is 2.68. The number of halogens is 2. The monoisotopic (exact) mass is 345 g/mol. The number of ether oxygens (including phenoxy) is 1. The largest absolute Gasteiger partial charge is 0.495 e. The topological polar surface area (TPSA) is 21.3 Å². The van der Waals surface area contributed by atoms with Crippen LogP contribution < -0.4 is 10.1 Å². The van der Waals surface area contributed by atoms with Gasteiger partial charge >= 0.3 is 0 Å². The van der Waals surface area contributed by atoms with Gasteiger partial charge in [0.15, 0.2) is 0 Å². The highest BCUT2D eigenvalue weighted by Gasteiger charge is 2.15. The fourth-order valence-electron chi connectivity index (χ4n) is 1.81. The van der Waals surface area contributed by atoms with E-state index < -0.39 is 0 Å². The highest BCUT2D eigenvalue weighted by molar-refractivity contribution is 9.11. The quantitative estimate of drug-likeness (QED) is 0.881. The number of benzene rings is 1. The Kier molecular flexibility index (Phi) is 4.67. The molecule has 96 valence electrons. The van der Waals surface area contributed by atoms with Crippen LogP contribution in [0.3, 0.4) is 0 Å². The zero-order chi connectivity index (χ0) is 13.1. The van der Waals surface area contributed by atoms with Gasteiger partial charge < -0.3 is 10.1 Å². The van der Waals surface area contributed by atoms with E-state index in [1.54, 1.807) is 18.4 Å². The lowest BCUT2D eigenvalue weighted by Gasteiger charge is -2.16. The number of hydrogen-bond donors (Lipinski definition) is 1. The first-order chi connectivity index (χ1) is 8.65. The smallest absolute Gasteiger partial charge is 0.137 e. The molecule has 1 N–H and O–H groups in total. The molecule has 1 atom stereocenters. The van der Waals surface area contributed by atoms with Crippen LogP contribution in [0, 0.1) is 0 Å². The minimum Gasteiger partial charge on any atom is -0.495 e. The van der Waals surface area contributed by atoms with E-state index in [4.69, 9.17) is 16.3 Å². The maximum Gasteiger partial charge on any atom is 0.137 e. The molecular formula is C13H13BrClNOS. The Bertz CT molecular complexity index is 544. The first-order valence-electron chi connectivity index (χ1n) is 5.41. The van der Waals surface area contributed by atoms with E-state index in [1.807, 2.05) is 25.2 Å². The highest BCUT2D eigenvalue weighted by Crippen LogP contribution is 2.34. The number of rotatable bonds is 4. The minimum atomic E-state index is 0.146.